The van der Waals surface area contributed by atoms with Gasteiger partial charge in [0, 0.05) is 45.2 Å². The molecular formula is C18H21ClN6. The van der Waals surface area contributed by atoms with Gasteiger partial charge in [-0.15, -0.1) is 5.10 Å². The lowest BCUT2D eigenvalue weighted by molar-refractivity contribution is 0.246. The van der Waals surface area contributed by atoms with Gasteiger partial charge in [-0.25, -0.2) is 0 Å². The molecule has 1 fully saturated rings. The van der Waals surface area contributed by atoms with Gasteiger partial charge < -0.3 is 4.90 Å². The zero-order valence-corrected chi connectivity index (χ0v) is 15.2. The highest BCUT2D eigenvalue weighted by molar-refractivity contribution is 6.35. The minimum atomic E-state index is 0.772. The third-order valence-corrected chi connectivity index (χ3v) is 5.07. The predicted octanol–water partition coefficient (Wildman–Crippen LogP) is 2.65. The SMILES string of the molecule is Cc1ccc(N2CCN(Cc3nn(C)c4cccc(Cl)c34)CC2)nn1. The topological polar surface area (TPSA) is 50.1 Å². The van der Waals surface area contributed by atoms with Crippen molar-refractivity contribution in [3.8, 4) is 0 Å². The number of hydrogen-bond donors (Lipinski definition) is 0. The van der Waals surface area contributed by atoms with Gasteiger partial charge in [-0.2, -0.15) is 10.2 Å². The molecule has 0 spiro atoms. The molecule has 0 N–H and O–H groups in total. The van der Waals surface area contributed by atoms with E-state index in [1.165, 1.54) is 0 Å². The van der Waals surface area contributed by atoms with Gasteiger partial charge in [0.2, 0.25) is 0 Å². The van der Waals surface area contributed by atoms with Crippen molar-refractivity contribution in [2.75, 3.05) is 31.1 Å². The van der Waals surface area contributed by atoms with Crippen molar-refractivity contribution in [1.82, 2.24) is 24.9 Å². The van der Waals surface area contributed by atoms with E-state index in [-0.39, 0.29) is 0 Å². The van der Waals surface area contributed by atoms with Crippen LogP contribution in [0.1, 0.15) is 11.4 Å². The lowest BCUT2D eigenvalue weighted by Crippen LogP contribution is -2.46. The normalized spacial score (nSPS) is 15.9. The molecule has 7 heteroatoms. The summed E-state index contributed by atoms with van der Waals surface area (Å²) in [5, 5.41) is 15.0. The van der Waals surface area contributed by atoms with Gasteiger partial charge >= 0.3 is 0 Å². The van der Waals surface area contributed by atoms with Crippen LogP contribution in [-0.2, 0) is 13.6 Å². The van der Waals surface area contributed by atoms with Crippen molar-refractivity contribution < 1.29 is 0 Å². The van der Waals surface area contributed by atoms with Gasteiger partial charge in [-0.05, 0) is 31.2 Å². The van der Waals surface area contributed by atoms with E-state index in [1.54, 1.807) is 0 Å². The molecule has 0 atom stereocenters. The van der Waals surface area contributed by atoms with Crippen LogP contribution >= 0.6 is 11.6 Å². The van der Waals surface area contributed by atoms with Crippen molar-refractivity contribution in [3.05, 3.63) is 46.7 Å². The molecule has 0 unspecified atom stereocenters. The lowest BCUT2D eigenvalue weighted by Gasteiger charge is -2.34. The van der Waals surface area contributed by atoms with Crippen LogP contribution in [0.5, 0.6) is 0 Å². The minimum absolute atomic E-state index is 0.772. The van der Waals surface area contributed by atoms with Crippen LogP contribution in [0.2, 0.25) is 5.02 Å². The summed E-state index contributed by atoms with van der Waals surface area (Å²) in [6.45, 7) is 6.59. The average Bonchev–Trinajstić information content (AvgIpc) is 2.94. The van der Waals surface area contributed by atoms with Crippen molar-refractivity contribution in [2.45, 2.75) is 13.5 Å². The van der Waals surface area contributed by atoms with Crippen LogP contribution in [0.15, 0.2) is 30.3 Å². The number of nitrogens with zero attached hydrogens (tertiary/aromatic N) is 6. The van der Waals surface area contributed by atoms with E-state index >= 15 is 0 Å². The quantitative estimate of drug-likeness (QED) is 0.722. The summed E-state index contributed by atoms with van der Waals surface area (Å²) >= 11 is 6.41. The molecule has 3 heterocycles. The van der Waals surface area contributed by atoms with Gasteiger partial charge in [0.25, 0.3) is 0 Å². The number of fused-ring (bicyclic) bond motifs is 1. The second kappa shape index (κ2) is 6.61. The zero-order valence-electron chi connectivity index (χ0n) is 14.5. The van der Waals surface area contributed by atoms with E-state index < -0.39 is 0 Å². The first kappa shape index (κ1) is 16.3. The molecule has 130 valence electrons. The van der Waals surface area contributed by atoms with Crippen LogP contribution in [0.4, 0.5) is 5.82 Å². The Labute approximate surface area is 152 Å². The molecule has 6 nitrogen and oxygen atoms in total. The Morgan fingerprint density at radius 3 is 2.56 bits per heavy atom. The fraction of sp³-hybridized carbons (Fsp3) is 0.389. The lowest BCUT2D eigenvalue weighted by atomic mass is 10.2. The number of anilines is 1. The monoisotopic (exact) mass is 356 g/mol. The molecule has 0 radical (unpaired) electrons. The van der Waals surface area contributed by atoms with Crippen LogP contribution < -0.4 is 4.90 Å². The number of rotatable bonds is 3. The maximum Gasteiger partial charge on any atom is 0.151 e. The van der Waals surface area contributed by atoms with Crippen molar-refractivity contribution in [1.29, 1.82) is 0 Å². The smallest absolute Gasteiger partial charge is 0.151 e. The molecular weight excluding hydrogens is 336 g/mol. The van der Waals surface area contributed by atoms with Crippen molar-refractivity contribution in [2.24, 2.45) is 7.05 Å². The molecule has 1 aromatic carbocycles. The summed E-state index contributed by atoms with van der Waals surface area (Å²) in [6, 6.07) is 10.0. The first-order valence-electron chi connectivity index (χ1n) is 8.49. The summed E-state index contributed by atoms with van der Waals surface area (Å²) < 4.78 is 1.91. The van der Waals surface area contributed by atoms with Gasteiger partial charge in [0.05, 0.1) is 21.9 Å². The molecule has 3 aromatic rings. The zero-order chi connectivity index (χ0) is 17.4. The fourth-order valence-corrected chi connectivity index (χ4v) is 3.65. The molecule has 1 saturated heterocycles. The van der Waals surface area contributed by atoms with Crippen LogP contribution in [0.25, 0.3) is 10.9 Å². The van der Waals surface area contributed by atoms with Gasteiger partial charge in [0.1, 0.15) is 0 Å². The van der Waals surface area contributed by atoms with Crippen LogP contribution in [0.3, 0.4) is 0 Å². The number of hydrogen-bond acceptors (Lipinski definition) is 5. The van der Waals surface area contributed by atoms with E-state index in [9.17, 15) is 0 Å². The Hall–Kier alpha value is -2.18. The summed E-state index contributed by atoms with van der Waals surface area (Å²) in [7, 11) is 1.97. The fourth-order valence-electron chi connectivity index (χ4n) is 3.37. The second-order valence-corrected chi connectivity index (χ2v) is 6.91. The average molecular weight is 357 g/mol. The van der Waals surface area contributed by atoms with Gasteiger partial charge in [-0.3, -0.25) is 9.58 Å². The van der Waals surface area contributed by atoms with Gasteiger partial charge in [-0.1, -0.05) is 17.7 Å². The van der Waals surface area contributed by atoms with E-state index in [1.807, 2.05) is 42.9 Å². The van der Waals surface area contributed by atoms with Crippen molar-refractivity contribution >= 4 is 28.3 Å². The van der Waals surface area contributed by atoms with Crippen LogP contribution in [0, 0.1) is 6.92 Å². The number of benzene rings is 1. The Balaban J connectivity index is 1.46. The molecule has 1 aliphatic rings. The predicted molar refractivity (Wildman–Crippen MR) is 100.0 cm³/mol. The van der Waals surface area contributed by atoms with E-state index in [2.05, 4.69) is 31.2 Å². The standard InChI is InChI=1S/C18H21ClN6/c1-13-6-7-17(21-20-13)25-10-8-24(9-11-25)12-15-18-14(19)4-3-5-16(18)23(2)22-15/h3-7H,8-12H2,1-2H3. The molecule has 0 bridgehead atoms. The Kier molecular flexibility index (Phi) is 4.31. The largest absolute Gasteiger partial charge is 0.353 e. The molecule has 4 rings (SSSR count). The first-order valence-corrected chi connectivity index (χ1v) is 8.87. The summed E-state index contributed by atoms with van der Waals surface area (Å²) in [5.41, 5.74) is 3.07. The third kappa shape index (κ3) is 3.19. The van der Waals surface area contributed by atoms with E-state index in [0.717, 1.165) is 65.9 Å². The summed E-state index contributed by atoms with van der Waals surface area (Å²) in [5.74, 6) is 0.955. The molecule has 0 saturated carbocycles. The second-order valence-electron chi connectivity index (χ2n) is 6.50. The number of halogens is 1. The number of piperazine rings is 1. The molecule has 2 aromatic heterocycles. The summed E-state index contributed by atoms with van der Waals surface area (Å²) in [4.78, 5) is 4.70. The number of aromatic nitrogens is 4. The minimum Gasteiger partial charge on any atom is -0.353 e. The first-order chi connectivity index (χ1) is 12.1. The molecule has 0 aliphatic carbocycles. The Bertz CT molecular complexity index is 880. The third-order valence-electron chi connectivity index (χ3n) is 4.75. The van der Waals surface area contributed by atoms with Crippen molar-refractivity contribution in [3.63, 3.8) is 0 Å². The maximum absolute atomic E-state index is 6.41. The highest BCUT2D eigenvalue weighted by Gasteiger charge is 2.21. The van der Waals surface area contributed by atoms with Crippen LogP contribution in [-0.4, -0.2) is 51.1 Å². The van der Waals surface area contributed by atoms with E-state index in [4.69, 9.17) is 11.6 Å². The Morgan fingerprint density at radius 2 is 1.84 bits per heavy atom. The van der Waals surface area contributed by atoms with E-state index in [0.29, 0.717) is 0 Å². The molecule has 0 amide bonds. The Morgan fingerprint density at radius 1 is 1.04 bits per heavy atom. The highest BCUT2D eigenvalue weighted by Crippen LogP contribution is 2.27. The molecule has 1 aliphatic heterocycles. The number of aryl methyl sites for hydroxylation is 2. The highest BCUT2D eigenvalue weighted by atomic mass is 35.5. The van der Waals surface area contributed by atoms with Gasteiger partial charge in [0.15, 0.2) is 5.82 Å². The summed E-state index contributed by atoms with van der Waals surface area (Å²) in [6.07, 6.45) is 0. The molecule has 25 heavy (non-hydrogen) atoms. The maximum atomic E-state index is 6.41.